The topological polar surface area (TPSA) is 50.3 Å². The molecule has 0 unspecified atom stereocenters. The van der Waals surface area contributed by atoms with Gasteiger partial charge in [-0.25, -0.2) is 8.42 Å². The highest BCUT2D eigenvalue weighted by Crippen LogP contribution is 2.27. The van der Waals surface area contributed by atoms with Gasteiger partial charge in [-0.05, 0) is 54.3 Å². The largest absolute Gasteiger partial charge is 0.266 e. The van der Waals surface area contributed by atoms with E-state index in [1.165, 1.54) is 9.87 Å². The van der Waals surface area contributed by atoms with Gasteiger partial charge < -0.3 is 0 Å². The van der Waals surface area contributed by atoms with Gasteiger partial charge in [0.1, 0.15) is 0 Å². The van der Waals surface area contributed by atoms with Crippen molar-refractivity contribution in [2.24, 2.45) is 5.92 Å². The van der Waals surface area contributed by atoms with Crippen LogP contribution < -0.4 is 4.31 Å². The molecule has 1 aromatic heterocycles. The predicted molar refractivity (Wildman–Crippen MR) is 107 cm³/mol. The van der Waals surface area contributed by atoms with Gasteiger partial charge >= 0.3 is 0 Å². The van der Waals surface area contributed by atoms with E-state index in [9.17, 15) is 8.42 Å². The molecule has 0 radical (unpaired) electrons. The lowest BCUT2D eigenvalue weighted by molar-refractivity contribution is 0.578. The molecule has 26 heavy (non-hydrogen) atoms. The van der Waals surface area contributed by atoms with Crippen LogP contribution in [0.15, 0.2) is 65.7 Å². The van der Waals surface area contributed by atoms with Crippen molar-refractivity contribution in [3.05, 3.63) is 66.4 Å². The summed E-state index contributed by atoms with van der Waals surface area (Å²) in [5.74, 6) is 0.206. The molecule has 136 valence electrons. The molecule has 0 aliphatic heterocycles. The van der Waals surface area contributed by atoms with Crippen LogP contribution in [-0.2, 0) is 16.4 Å². The summed E-state index contributed by atoms with van der Waals surface area (Å²) in [5, 5.41) is 0.819. The number of pyridine rings is 1. The molecule has 0 spiro atoms. The second kappa shape index (κ2) is 7.46. The van der Waals surface area contributed by atoms with E-state index in [0.717, 1.165) is 17.3 Å². The standard InChI is InChI=1S/C21H24N2O2S/c1-4-17-7-9-19(10-8-17)23(15-16(2)3)26(24,25)20-11-12-21-18(14-20)6-5-13-22-21/h5-14,16H,4,15H2,1-3H3. The minimum Gasteiger partial charge on any atom is -0.266 e. The van der Waals surface area contributed by atoms with Crippen molar-refractivity contribution in [2.75, 3.05) is 10.8 Å². The van der Waals surface area contributed by atoms with Crippen molar-refractivity contribution < 1.29 is 8.42 Å². The molecule has 0 N–H and O–H groups in total. The van der Waals surface area contributed by atoms with Crippen LogP contribution in [0.2, 0.25) is 0 Å². The first-order chi connectivity index (χ1) is 12.4. The van der Waals surface area contributed by atoms with Crippen molar-refractivity contribution in [2.45, 2.75) is 32.1 Å². The molecule has 0 saturated heterocycles. The minimum absolute atomic E-state index is 0.206. The van der Waals surface area contributed by atoms with Crippen molar-refractivity contribution in [1.82, 2.24) is 4.98 Å². The van der Waals surface area contributed by atoms with Gasteiger partial charge in [0.15, 0.2) is 0 Å². The van der Waals surface area contributed by atoms with Crippen LogP contribution in [0, 0.1) is 5.92 Å². The third-order valence-corrected chi connectivity index (χ3v) is 6.12. The molecule has 2 aromatic carbocycles. The second-order valence-electron chi connectivity index (χ2n) is 6.81. The summed E-state index contributed by atoms with van der Waals surface area (Å²) in [6.45, 7) is 6.56. The van der Waals surface area contributed by atoms with E-state index >= 15 is 0 Å². The van der Waals surface area contributed by atoms with E-state index in [1.54, 1.807) is 24.4 Å². The molecular weight excluding hydrogens is 344 g/mol. The van der Waals surface area contributed by atoms with Gasteiger partial charge in [-0.1, -0.05) is 39.0 Å². The smallest absolute Gasteiger partial charge is 0.264 e. The molecule has 5 heteroatoms. The van der Waals surface area contributed by atoms with E-state index < -0.39 is 10.0 Å². The maximum atomic E-state index is 13.4. The fourth-order valence-corrected chi connectivity index (χ4v) is 4.58. The Bertz CT molecular complexity index is 996. The highest BCUT2D eigenvalue weighted by Gasteiger charge is 2.26. The van der Waals surface area contributed by atoms with Gasteiger partial charge in [0.2, 0.25) is 0 Å². The summed E-state index contributed by atoms with van der Waals surface area (Å²) in [4.78, 5) is 4.56. The fraction of sp³-hybridized carbons (Fsp3) is 0.286. The van der Waals surface area contributed by atoms with Gasteiger partial charge in [0.05, 0.1) is 16.1 Å². The number of sulfonamides is 1. The maximum Gasteiger partial charge on any atom is 0.264 e. The van der Waals surface area contributed by atoms with Gasteiger partial charge in [-0.2, -0.15) is 0 Å². The average Bonchev–Trinajstić information content (AvgIpc) is 2.65. The number of aryl methyl sites for hydroxylation is 1. The highest BCUT2D eigenvalue weighted by atomic mass is 32.2. The summed E-state index contributed by atoms with van der Waals surface area (Å²) in [5.41, 5.74) is 2.67. The van der Waals surface area contributed by atoms with Gasteiger partial charge in [-0.3, -0.25) is 9.29 Å². The first-order valence-corrected chi connectivity index (χ1v) is 10.3. The van der Waals surface area contributed by atoms with Gasteiger partial charge in [0, 0.05) is 18.1 Å². The third-order valence-electron chi connectivity index (χ3n) is 4.33. The van der Waals surface area contributed by atoms with Crippen molar-refractivity contribution in [3.8, 4) is 0 Å². The molecule has 0 fully saturated rings. The first kappa shape index (κ1) is 18.4. The lowest BCUT2D eigenvalue weighted by atomic mass is 10.1. The Labute approximate surface area is 155 Å². The second-order valence-corrected chi connectivity index (χ2v) is 8.67. The maximum absolute atomic E-state index is 13.4. The van der Waals surface area contributed by atoms with Crippen LogP contribution in [0.4, 0.5) is 5.69 Å². The first-order valence-electron chi connectivity index (χ1n) is 8.88. The van der Waals surface area contributed by atoms with Crippen LogP contribution in [-0.4, -0.2) is 19.9 Å². The van der Waals surface area contributed by atoms with Crippen LogP contribution >= 0.6 is 0 Å². The van der Waals surface area contributed by atoms with Crippen molar-refractivity contribution in [1.29, 1.82) is 0 Å². The molecule has 0 bridgehead atoms. The van der Waals surface area contributed by atoms with E-state index in [2.05, 4.69) is 11.9 Å². The average molecular weight is 369 g/mol. The molecule has 0 saturated carbocycles. The Morgan fingerprint density at radius 1 is 1.04 bits per heavy atom. The number of nitrogens with zero attached hydrogens (tertiary/aromatic N) is 2. The molecule has 3 rings (SSSR count). The molecule has 0 amide bonds. The van der Waals surface area contributed by atoms with Crippen LogP contribution in [0.5, 0.6) is 0 Å². The Morgan fingerprint density at radius 3 is 2.42 bits per heavy atom. The van der Waals surface area contributed by atoms with E-state index in [1.807, 2.05) is 50.2 Å². The monoisotopic (exact) mass is 368 g/mol. The molecule has 0 aliphatic rings. The third kappa shape index (κ3) is 3.73. The molecule has 1 heterocycles. The zero-order chi connectivity index (χ0) is 18.7. The lowest BCUT2D eigenvalue weighted by Gasteiger charge is -2.26. The Balaban J connectivity index is 2.07. The normalized spacial score (nSPS) is 11.8. The molecular formula is C21H24N2O2S. The Hall–Kier alpha value is -2.40. The lowest BCUT2D eigenvalue weighted by Crippen LogP contribution is -2.34. The summed E-state index contributed by atoms with van der Waals surface area (Å²) >= 11 is 0. The zero-order valence-electron chi connectivity index (χ0n) is 15.4. The number of hydrogen-bond donors (Lipinski definition) is 0. The highest BCUT2D eigenvalue weighted by molar-refractivity contribution is 7.92. The SMILES string of the molecule is CCc1ccc(N(CC(C)C)S(=O)(=O)c2ccc3ncccc3c2)cc1. The van der Waals surface area contributed by atoms with E-state index in [4.69, 9.17) is 0 Å². The van der Waals surface area contributed by atoms with Crippen LogP contribution in [0.25, 0.3) is 10.9 Å². The number of rotatable bonds is 6. The van der Waals surface area contributed by atoms with Gasteiger partial charge in [-0.15, -0.1) is 0 Å². The zero-order valence-corrected chi connectivity index (χ0v) is 16.2. The molecule has 4 nitrogen and oxygen atoms in total. The Kier molecular flexibility index (Phi) is 5.28. The molecule has 0 aliphatic carbocycles. The number of hydrogen-bond acceptors (Lipinski definition) is 3. The number of anilines is 1. The molecule has 0 atom stereocenters. The van der Waals surface area contributed by atoms with E-state index in [0.29, 0.717) is 17.1 Å². The summed E-state index contributed by atoms with van der Waals surface area (Å²) in [6.07, 6.45) is 2.63. The number of aromatic nitrogens is 1. The summed E-state index contributed by atoms with van der Waals surface area (Å²) in [6, 6.07) is 16.5. The minimum atomic E-state index is -3.65. The fourth-order valence-electron chi connectivity index (χ4n) is 2.91. The quantitative estimate of drug-likeness (QED) is 0.636. The van der Waals surface area contributed by atoms with Crippen LogP contribution in [0.1, 0.15) is 26.3 Å². The van der Waals surface area contributed by atoms with Crippen molar-refractivity contribution >= 4 is 26.6 Å². The summed E-state index contributed by atoms with van der Waals surface area (Å²) < 4.78 is 28.3. The molecule has 3 aromatic rings. The number of benzene rings is 2. The van der Waals surface area contributed by atoms with E-state index in [-0.39, 0.29) is 5.92 Å². The van der Waals surface area contributed by atoms with Crippen LogP contribution in [0.3, 0.4) is 0 Å². The summed E-state index contributed by atoms with van der Waals surface area (Å²) in [7, 11) is -3.65. The predicted octanol–water partition coefficient (Wildman–Crippen LogP) is 4.65. The van der Waals surface area contributed by atoms with Gasteiger partial charge in [0.25, 0.3) is 10.0 Å². The Morgan fingerprint density at radius 2 is 1.77 bits per heavy atom. The number of fused-ring (bicyclic) bond motifs is 1. The van der Waals surface area contributed by atoms with Crippen molar-refractivity contribution in [3.63, 3.8) is 0 Å².